The predicted molar refractivity (Wildman–Crippen MR) is 111 cm³/mol. The zero-order chi connectivity index (χ0) is 20.2. The quantitative estimate of drug-likeness (QED) is 0.528. The number of amides is 2. The molecule has 0 radical (unpaired) electrons. The number of hydrogen-bond donors (Lipinski definition) is 2. The fourth-order valence-corrected chi connectivity index (χ4v) is 2.93. The normalized spacial score (nSPS) is 10.7. The number of fused-ring (bicyclic) bond motifs is 1. The summed E-state index contributed by atoms with van der Waals surface area (Å²) in [6, 6.07) is 19.4. The molecule has 0 unspecified atom stereocenters. The topological polar surface area (TPSA) is 88.4 Å². The monoisotopic (exact) mass is 405 g/mol. The lowest BCUT2D eigenvalue weighted by molar-refractivity contribution is -0.115. The van der Waals surface area contributed by atoms with E-state index < -0.39 is 0 Å². The Morgan fingerprint density at radius 2 is 1.59 bits per heavy atom. The summed E-state index contributed by atoms with van der Waals surface area (Å²) in [5.74, 6) is -0.0787. The zero-order valence-electron chi connectivity index (χ0n) is 15.2. The van der Waals surface area contributed by atoms with Crippen molar-refractivity contribution in [1.29, 1.82) is 0 Å². The second kappa shape index (κ2) is 8.12. The van der Waals surface area contributed by atoms with Gasteiger partial charge >= 0.3 is 0 Å². The van der Waals surface area contributed by atoms with E-state index in [1.54, 1.807) is 47.0 Å². The lowest BCUT2D eigenvalue weighted by Crippen LogP contribution is -2.17. The molecule has 8 heteroatoms. The minimum atomic E-state index is -0.261. The summed E-state index contributed by atoms with van der Waals surface area (Å²) in [5, 5.41) is 14.3. The van der Waals surface area contributed by atoms with Gasteiger partial charge in [0.05, 0.1) is 12.0 Å². The molecule has 0 aliphatic carbocycles. The van der Waals surface area contributed by atoms with E-state index >= 15 is 0 Å². The van der Waals surface area contributed by atoms with Gasteiger partial charge in [0.1, 0.15) is 5.82 Å². The lowest BCUT2D eigenvalue weighted by Gasteiger charge is -2.07. The highest BCUT2D eigenvalue weighted by atomic mass is 35.5. The molecule has 0 bridgehead atoms. The van der Waals surface area contributed by atoms with Crippen molar-refractivity contribution < 1.29 is 9.59 Å². The molecule has 7 nitrogen and oxygen atoms in total. The second-order valence-corrected chi connectivity index (χ2v) is 6.75. The summed E-state index contributed by atoms with van der Waals surface area (Å²) in [7, 11) is 0. The first-order chi connectivity index (χ1) is 14.1. The molecule has 2 heterocycles. The largest absolute Gasteiger partial charge is 0.326 e. The van der Waals surface area contributed by atoms with Crippen molar-refractivity contribution >= 4 is 40.4 Å². The van der Waals surface area contributed by atoms with Crippen LogP contribution in [0.5, 0.6) is 0 Å². The Labute approximate surface area is 171 Å². The van der Waals surface area contributed by atoms with E-state index in [2.05, 4.69) is 20.8 Å². The average molecular weight is 406 g/mol. The van der Waals surface area contributed by atoms with E-state index in [-0.39, 0.29) is 18.2 Å². The summed E-state index contributed by atoms with van der Waals surface area (Å²) in [5.41, 5.74) is 2.32. The number of aromatic nitrogens is 3. The number of carbonyl (C=O) groups excluding carboxylic acids is 2. The summed E-state index contributed by atoms with van der Waals surface area (Å²) < 4.78 is 1.64. The van der Waals surface area contributed by atoms with Crippen LogP contribution in [0.1, 0.15) is 16.2 Å². The molecule has 2 N–H and O–H groups in total. The predicted octanol–water partition coefficient (Wildman–Crippen LogP) is 3.82. The molecule has 0 spiro atoms. The maximum Gasteiger partial charge on any atom is 0.257 e. The Morgan fingerprint density at radius 1 is 0.862 bits per heavy atom. The molecule has 4 aromatic rings. The molecule has 2 amide bonds. The van der Waals surface area contributed by atoms with Crippen LogP contribution < -0.4 is 10.6 Å². The highest BCUT2D eigenvalue weighted by molar-refractivity contribution is 6.30. The molecule has 2 aromatic heterocycles. The Hall–Kier alpha value is -3.71. The highest BCUT2D eigenvalue weighted by Crippen LogP contribution is 2.15. The Balaban J connectivity index is 1.51. The number of nitrogens with zero attached hydrogens (tertiary/aromatic N) is 3. The van der Waals surface area contributed by atoms with E-state index in [4.69, 9.17) is 11.6 Å². The molecule has 144 valence electrons. The third-order valence-electron chi connectivity index (χ3n) is 4.21. The van der Waals surface area contributed by atoms with Crippen LogP contribution in [0.3, 0.4) is 0 Å². The van der Waals surface area contributed by atoms with Crippen molar-refractivity contribution in [2.45, 2.75) is 6.42 Å². The summed E-state index contributed by atoms with van der Waals surface area (Å²) in [6.07, 6.45) is 1.63. The van der Waals surface area contributed by atoms with E-state index in [1.165, 1.54) is 0 Å². The van der Waals surface area contributed by atoms with Crippen LogP contribution in [0.4, 0.5) is 11.4 Å². The SMILES string of the molecule is O=C(Cc1nnc2ccc(C(=O)Nc3ccccc3)cn12)Nc1ccc(Cl)cc1. The molecular weight excluding hydrogens is 390 g/mol. The van der Waals surface area contributed by atoms with Crippen LogP contribution in [-0.2, 0) is 11.2 Å². The molecule has 0 fully saturated rings. The van der Waals surface area contributed by atoms with Crippen molar-refractivity contribution in [3.8, 4) is 0 Å². The maximum atomic E-state index is 12.5. The summed E-state index contributed by atoms with van der Waals surface area (Å²) >= 11 is 5.85. The number of halogens is 1. The molecule has 29 heavy (non-hydrogen) atoms. The van der Waals surface area contributed by atoms with Gasteiger partial charge in [-0.25, -0.2) is 0 Å². The number of para-hydroxylation sites is 1. The standard InChI is InChI=1S/C21H16ClN5O2/c22-15-7-9-17(10-8-15)23-20(28)12-19-26-25-18-11-6-14(13-27(18)19)21(29)24-16-4-2-1-3-5-16/h1-11,13H,12H2,(H,23,28)(H,24,29). The van der Waals surface area contributed by atoms with Gasteiger partial charge in [-0.2, -0.15) is 0 Å². The smallest absolute Gasteiger partial charge is 0.257 e. The number of hydrogen-bond acceptors (Lipinski definition) is 4. The molecule has 2 aromatic carbocycles. The van der Waals surface area contributed by atoms with Gasteiger partial charge in [-0.1, -0.05) is 29.8 Å². The van der Waals surface area contributed by atoms with E-state index in [0.717, 1.165) is 0 Å². The van der Waals surface area contributed by atoms with Crippen LogP contribution in [0.25, 0.3) is 5.65 Å². The van der Waals surface area contributed by atoms with Crippen LogP contribution >= 0.6 is 11.6 Å². The Kier molecular flexibility index (Phi) is 5.22. The van der Waals surface area contributed by atoms with Crippen molar-refractivity contribution in [2.75, 3.05) is 10.6 Å². The second-order valence-electron chi connectivity index (χ2n) is 6.31. The van der Waals surface area contributed by atoms with Gasteiger partial charge in [-0.05, 0) is 48.5 Å². The average Bonchev–Trinajstić information content (AvgIpc) is 3.12. The van der Waals surface area contributed by atoms with E-state index in [9.17, 15) is 9.59 Å². The first-order valence-electron chi connectivity index (χ1n) is 8.84. The van der Waals surface area contributed by atoms with Gasteiger partial charge in [0.15, 0.2) is 5.65 Å². The molecule has 0 atom stereocenters. The van der Waals surface area contributed by atoms with Crippen molar-refractivity contribution in [2.24, 2.45) is 0 Å². The number of benzene rings is 2. The maximum absolute atomic E-state index is 12.5. The molecule has 0 aliphatic rings. The minimum Gasteiger partial charge on any atom is -0.326 e. The fraction of sp³-hybridized carbons (Fsp3) is 0.0476. The van der Waals surface area contributed by atoms with Crippen LogP contribution in [0, 0.1) is 0 Å². The Bertz CT molecular complexity index is 1170. The zero-order valence-corrected chi connectivity index (χ0v) is 15.9. The number of rotatable bonds is 5. The van der Waals surface area contributed by atoms with Crippen molar-refractivity contribution in [3.63, 3.8) is 0 Å². The number of anilines is 2. The van der Waals surface area contributed by atoms with Gasteiger partial charge in [-0.15, -0.1) is 10.2 Å². The van der Waals surface area contributed by atoms with Crippen LogP contribution in [-0.4, -0.2) is 26.4 Å². The van der Waals surface area contributed by atoms with Crippen LogP contribution in [0.2, 0.25) is 5.02 Å². The number of carbonyl (C=O) groups is 2. The highest BCUT2D eigenvalue weighted by Gasteiger charge is 2.14. The minimum absolute atomic E-state index is 0.00749. The first kappa shape index (κ1) is 18.6. The molecule has 0 aliphatic heterocycles. The van der Waals surface area contributed by atoms with Crippen LogP contribution in [0.15, 0.2) is 72.9 Å². The van der Waals surface area contributed by atoms with Gasteiger partial charge in [0, 0.05) is 22.6 Å². The third kappa shape index (κ3) is 4.41. The number of nitrogens with one attached hydrogen (secondary N) is 2. The first-order valence-corrected chi connectivity index (χ1v) is 9.22. The van der Waals surface area contributed by atoms with Gasteiger partial charge in [-0.3, -0.25) is 14.0 Å². The van der Waals surface area contributed by atoms with Crippen molar-refractivity contribution in [1.82, 2.24) is 14.6 Å². The Morgan fingerprint density at radius 3 is 2.34 bits per heavy atom. The molecule has 4 rings (SSSR count). The summed E-state index contributed by atoms with van der Waals surface area (Å²) in [6.45, 7) is 0. The van der Waals surface area contributed by atoms with E-state index in [1.807, 2.05) is 30.3 Å². The third-order valence-corrected chi connectivity index (χ3v) is 4.47. The molecular formula is C21H16ClN5O2. The lowest BCUT2D eigenvalue weighted by atomic mass is 10.2. The van der Waals surface area contributed by atoms with Gasteiger partial charge in [0.25, 0.3) is 5.91 Å². The van der Waals surface area contributed by atoms with E-state index in [0.29, 0.717) is 33.4 Å². The molecule has 0 saturated carbocycles. The molecule has 0 saturated heterocycles. The summed E-state index contributed by atoms with van der Waals surface area (Å²) in [4.78, 5) is 24.9. The fourth-order valence-electron chi connectivity index (χ4n) is 2.80. The van der Waals surface area contributed by atoms with Crippen molar-refractivity contribution in [3.05, 3.63) is 89.3 Å². The van der Waals surface area contributed by atoms with Gasteiger partial charge in [0.2, 0.25) is 5.91 Å². The van der Waals surface area contributed by atoms with Gasteiger partial charge < -0.3 is 10.6 Å². The number of pyridine rings is 1.